The average Bonchev–Trinajstić information content (AvgIpc) is 2.45. The Hall–Kier alpha value is -1.65. The number of hydrogen-bond donors (Lipinski definition) is 1. The lowest BCUT2D eigenvalue weighted by atomic mass is 9.87. The molecular weight excluding hydrogens is 264 g/mol. The lowest BCUT2D eigenvalue weighted by Gasteiger charge is -2.28. The number of rotatable bonds is 3. The van der Waals surface area contributed by atoms with Crippen molar-refractivity contribution in [2.24, 2.45) is 5.92 Å². The Morgan fingerprint density at radius 2 is 1.85 bits per heavy atom. The topological polar surface area (TPSA) is 38.3 Å². The molecule has 0 spiro atoms. The molecule has 0 unspecified atom stereocenters. The van der Waals surface area contributed by atoms with Gasteiger partial charge in [0, 0.05) is 6.04 Å². The van der Waals surface area contributed by atoms with Gasteiger partial charge in [0.25, 0.3) is 0 Å². The summed E-state index contributed by atoms with van der Waals surface area (Å²) in [5, 5.41) is 3.03. The lowest BCUT2D eigenvalue weighted by molar-refractivity contribution is 0.0594. The third kappa shape index (κ3) is 3.08. The van der Waals surface area contributed by atoms with Crippen LogP contribution >= 0.6 is 0 Å². The second kappa shape index (κ2) is 6.20. The molecule has 0 radical (unpaired) electrons. The van der Waals surface area contributed by atoms with E-state index in [2.05, 4.69) is 17.0 Å². The van der Waals surface area contributed by atoms with Gasteiger partial charge in [-0.05, 0) is 43.7 Å². The quantitative estimate of drug-likeness (QED) is 0.859. The van der Waals surface area contributed by atoms with Crippen molar-refractivity contribution in [3.05, 3.63) is 29.3 Å². The predicted molar refractivity (Wildman–Crippen MR) is 72.7 cm³/mol. The van der Waals surface area contributed by atoms with Gasteiger partial charge < -0.3 is 10.1 Å². The van der Waals surface area contributed by atoms with Crippen LogP contribution in [0.5, 0.6) is 0 Å². The van der Waals surface area contributed by atoms with Crippen LogP contribution in [0.25, 0.3) is 0 Å². The molecule has 0 bridgehead atoms. The molecule has 3 nitrogen and oxygen atoms in total. The fourth-order valence-electron chi connectivity index (χ4n) is 2.55. The molecule has 0 amide bonds. The van der Waals surface area contributed by atoms with Gasteiger partial charge in [0.1, 0.15) is 0 Å². The van der Waals surface area contributed by atoms with Crippen LogP contribution in [0.2, 0.25) is 0 Å². The number of carbonyl (C=O) groups is 1. The molecule has 5 heteroatoms. The number of nitrogens with one attached hydrogen (secondary N) is 1. The summed E-state index contributed by atoms with van der Waals surface area (Å²) in [6, 6.07) is 2.80. The zero-order valence-corrected chi connectivity index (χ0v) is 11.7. The summed E-state index contributed by atoms with van der Waals surface area (Å²) in [5.74, 6) is -2.37. The summed E-state index contributed by atoms with van der Waals surface area (Å²) in [6.07, 6.45) is 4.06. The maximum Gasteiger partial charge on any atom is 0.340 e. The highest BCUT2D eigenvalue weighted by Crippen LogP contribution is 2.28. The van der Waals surface area contributed by atoms with Gasteiger partial charge in [-0.1, -0.05) is 6.92 Å². The molecule has 1 fully saturated rings. The van der Waals surface area contributed by atoms with Crippen LogP contribution in [-0.4, -0.2) is 19.1 Å². The molecule has 1 aromatic rings. The predicted octanol–water partition coefficient (Wildman–Crippen LogP) is 3.74. The monoisotopic (exact) mass is 283 g/mol. The number of esters is 1. The van der Waals surface area contributed by atoms with E-state index >= 15 is 0 Å². The number of hydrogen-bond acceptors (Lipinski definition) is 3. The van der Waals surface area contributed by atoms with E-state index in [1.807, 2.05) is 0 Å². The average molecular weight is 283 g/mol. The lowest BCUT2D eigenvalue weighted by Crippen LogP contribution is -2.26. The highest BCUT2D eigenvalue weighted by Gasteiger charge is 2.22. The fraction of sp³-hybridized carbons (Fsp3) is 0.533. The normalized spacial score (nSPS) is 22.4. The number of ether oxygens (including phenoxy) is 1. The van der Waals surface area contributed by atoms with Crippen LogP contribution < -0.4 is 5.32 Å². The highest BCUT2D eigenvalue weighted by atomic mass is 19.2. The molecule has 0 saturated heterocycles. The molecule has 20 heavy (non-hydrogen) atoms. The number of benzene rings is 1. The summed E-state index contributed by atoms with van der Waals surface area (Å²) in [5.41, 5.74) is -0.275. The summed E-state index contributed by atoms with van der Waals surface area (Å²) in [6.45, 7) is 2.20. The number of methoxy groups -OCH3 is 1. The minimum absolute atomic E-state index is 0.106. The van der Waals surface area contributed by atoms with E-state index in [9.17, 15) is 13.6 Å². The SMILES string of the molecule is COC(=O)c1ccc(NC2CCC(C)CC2)c(F)c1F. The molecule has 1 aliphatic carbocycles. The van der Waals surface area contributed by atoms with E-state index in [1.165, 1.54) is 12.1 Å². The molecule has 110 valence electrons. The first-order valence-corrected chi connectivity index (χ1v) is 6.85. The Kier molecular flexibility index (Phi) is 4.57. The van der Waals surface area contributed by atoms with Crippen LogP contribution in [0.3, 0.4) is 0 Å². The van der Waals surface area contributed by atoms with Gasteiger partial charge in [-0.3, -0.25) is 0 Å². The van der Waals surface area contributed by atoms with E-state index in [0.717, 1.165) is 32.8 Å². The molecule has 2 rings (SSSR count). The summed E-state index contributed by atoms with van der Waals surface area (Å²) in [4.78, 5) is 11.3. The van der Waals surface area contributed by atoms with Gasteiger partial charge in [0.2, 0.25) is 0 Å². The van der Waals surface area contributed by atoms with Gasteiger partial charge in [0.05, 0.1) is 18.4 Å². The van der Waals surface area contributed by atoms with E-state index < -0.39 is 17.6 Å². The van der Waals surface area contributed by atoms with Gasteiger partial charge in [-0.25, -0.2) is 13.6 Å². The Bertz CT molecular complexity index is 497. The summed E-state index contributed by atoms with van der Waals surface area (Å²) < 4.78 is 32.2. The van der Waals surface area contributed by atoms with Crippen molar-refractivity contribution in [2.75, 3.05) is 12.4 Å². The maximum absolute atomic E-state index is 13.9. The zero-order chi connectivity index (χ0) is 14.7. The van der Waals surface area contributed by atoms with Gasteiger partial charge in [0.15, 0.2) is 11.6 Å². The molecule has 0 heterocycles. The standard InChI is InChI=1S/C15H19F2NO2/c1-9-3-5-10(6-4-9)18-12-8-7-11(15(19)20-2)13(16)14(12)17/h7-10,18H,3-6H2,1-2H3. The minimum atomic E-state index is -1.16. The first-order chi connectivity index (χ1) is 9.52. The molecule has 1 N–H and O–H groups in total. The van der Waals surface area contributed by atoms with Crippen molar-refractivity contribution < 1.29 is 18.3 Å². The van der Waals surface area contributed by atoms with Crippen molar-refractivity contribution >= 4 is 11.7 Å². The second-order valence-electron chi connectivity index (χ2n) is 5.38. The largest absolute Gasteiger partial charge is 0.465 e. The molecule has 1 aliphatic rings. The molecule has 0 atom stereocenters. The van der Waals surface area contributed by atoms with Crippen molar-refractivity contribution in [3.63, 3.8) is 0 Å². The van der Waals surface area contributed by atoms with Crippen LogP contribution in [-0.2, 0) is 4.74 Å². The highest BCUT2D eigenvalue weighted by molar-refractivity contribution is 5.90. The fourth-order valence-corrected chi connectivity index (χ4v) is 2.55. The van der Waals surface area contributed by atoms with Crippen molar-refractivity contribution in [3.8, 4) is 0 Å². The third-order valence-corrected chi connectivity index (χ3v) is 3.86. The van der Waals surface area contributed by atoms with Gasteiger partial charge >= 0.3 is 5.97 Å². The van der Waals surface area contributed by atoms with Crippen molar-refractivity contribution in [2.45, 2.75) is 38.6 Å². The number of carbonyl (C=O) groups excluding carboxylic acids is 1. The summed E-state index contributed by atoms with van der Waals surface area (Å²) >= 11 is 0. The smallest absolute Gasteiger partial charge is 0.340 e. The zero-order valence-electron chi connectivity index (χ0n) is 11.7. The van der Waals surface area contributed by atoms with E-state index in [0.29, 0.717) is 5.92 Å². The van der Waals surface area contributed by atoms with Crippen molar-refractivity contribution in [1.29, 1.82) is 0 Å². The summed E-state index contributed by atoms with van der Waals surface area (Å²) in [7, 11) is 1.13. The van der Waals surface area contributed by atoms with E-state index in [4.69, 9.17) is 0 Å². The molecule has 1 saturated carbocycles. The first kappa shape index (κ1) is 14.8. The third-order valence-electron chi connectivity index (χ3n) is 3.86. The second-order valence-corrected chi connectivity index (χ2v) is 5.38. The Morgan fingerprint density at radius 1 is 1.20 bits per heavy atom. The van der Waals surface area contributed by atoms with Crippen LogP contribution in [0.4, 0.5) is 14.5 Å². The maximum atomic E-state index is 13.9. The van der Waals surface area contributed by atoms with Crippen LogP contribution in [0.1, 0.15) is 43.0 Å². The molecule has 1 aromatic carbocycles. The van der Waals surface area contributed by atoms with Gasteiger partial charge in [-0.2, -0.15) is 0 Å². The first-order valence-electron chi connectivity index (χ1n) is 6.85. The van der Waals surface area contributed by atoms with E-state index in [1.54, 1.807) is 0 Å². The molecule has 0 aliphatic heterocycles. The minimum Gasteiger partial charge on any atom is -0.465 e. The Balaban J connectivity index is 2.13. The van der Waals surface area contributed by atoms with E-state index in [-0.39, 0.29) is 17.3 Å². The Labute approximate surface area is 117 Å². The van der Waals surface area contributed by atoms with Gasteiger partial charge in [-0.15, -0.1) is 0 Å². The van der Waals surface area contributed by atoms with Crippen LogP contribution in [0, 0.1) is 17.6 Å². The Morgan fingerprint density at radius 3 is 2.45 bits per heavy atom. The molecule has 0 aromatic heterocycles. The number of anilines is 1. The number of halogens is 2. The molecular formula is C15H19F2NO2. The van der Waals surface area contributed by atoms with Crippen LogP contribution in [0.15, 0.2) is 12.1 Å². The van der Waals surface area contributed by atoms with Crippen molar-refractivity contribution in [1.82, 2.24) is 0 Å².